The van der Waals surface area contributed by atoms with Crippen molar-refractivity contribution in [1.29, 1.82) is 0 Å². The Morgan fingerprint density at radius 2 is 1.79 bits per heavy atom. The smallest absolute Gasteiger partial charge is 0.277 e. The third-order valence-corrected chi connectivity index (χ3v) is 5.61. The third kappa shape index (κ3) is 3.65. The van der Waals surface area contributed by atoms with E-state index in [2.05, 4.69) is 10.4 Å². The third-order valence-electron chi connectivity index (χ3n) is 5.61. The molecule has 0 bridgehead atoms. The zero-order valence-electron chi connectivity index (χ0n) is 17.5. The second kappa shape index (κ2) is 7.98. The van der Waals surface area contributed by atoms with E-state index in [0.29, 0.717) is 33.4 Å². The fourth-order valence-electron chi connectivity index (χ4n) is 3.88. The molecular weight excluding hydrogens is 426 g/mol. The number of hydrogen-bond acceptors (Lipinski definition) is 3. The van der Waals surface area contributed by atoms with Crippen LogP contribution in [-0.4, -0.2) is 20.1 Å². The van der Waals surface area contributed by atoms with Gasteiger partial charge in [0.05, 0.1) is 23.8 Å². The number of carbonyl (C=O) groups excluding carboxylic acids is 1. The molecule has 6 nitrogen and oxygen atoms in total. The van der Waals surface area contributed by atoms with Gasteiger partial charge in [-0.15, -0.1) is 0 Å². The lowest BCUT2D eigenvalue weighted by atomic mass is 10.1. The Kier molecular flexibility index (Phi) is 4.97. The number of anilines is 1. The number of aromatic nitrogens is 3. The Hall–Kier alpha value is -4.33. The van der Waals surface area contributed by atoms with E-state index < -0.39 is 17.5 Å². The molecule has 3 aromatic carbocycles. The number of fused-ring (bicyclic) bond motifs is 3. The Morgan fingerprint density at radius 3 is 2.61 bits per heavy atom. The molecule has 1 N–H and O–H groups in total. The summed E-state index contributed by atoms with van der Waals surface area (Å²) < 4.78 is 30.6. The van der Waals surface area contributed by atoms with Gasteiger partial charge in [-0.3, -0.25) is 9.59 Å². The Labute approximate surface area is 186 Å². The van der Waals surface area contributed by atoms with Crippen LogP contribution in [0.5, 0.6) is 0 Å². The molecule has 0 aliphatic heterocycles. The van der Waals surface area contributed by atoms with Gasteiger partial charge in [0.15, 0.2) is 0 Å². The van der Waals surface area contributed by atoms with Gasteiger partial charge in [0.1, 0.15) is 17.2 Å². The van der Waals surface area contributed by atoms with Crippen molar-refractivity contribution in [1.82, 2.24) is 14.2 Å². The largest absolute Gasteiger partial charge is 0.322 e. The van der Waals surface area contributed by atoms with Crippen molar-refractivity contribution in [2.24, 2.45) is 0 Å². The van der Waals surface area contributed by atoms with Crippen LogP contribution in [0, 0.1) is 18.6 Å². The summed E-state index contributed by atoms with van der Waals surface area (Å²) in [6.07, 6.45) is 1.52. The van der Waals surface area contributed by atoms with Crippen LogP contribution >= 0.6 is 0 Å². The molecule has 0 unspecified atom stereocenters. The summed E-state index contributed by atoms with van der Waals surface area (Å²) in [5.41, 5.74) is 2.70. The van der Waals surface area contributed by atoms with E-state index in [-0.39, 0.29) is 17.7 Å². The molecule has 0 spiro atoms. The lowest BCUT2D eigenvalue weighted by molar-refractivity contribution is 0.102. The summed E-state index contributed by atoms with van der Waals surface area (Å²) in [4.78, 5) is 26.2. The number of benzene rings is 3. The van der Waals surface area contributed by atoms with Crippen molar-refractivity contribution in [3.05, 3.63) is 112 Å². The first-order chi connectivity index (χ1) is 15.9. The highest BCUT2D eigenvalue weighted by molar-refractivity contribution is 6.06. The SMILES string of the molecule is Cc1c(F)cccc1NC(=O)c1ccc2c(c1)n(Cc1cccc(F)c1)c(=O)c1ccnn12. The number of hydrogen-bond donors (Lipinski definition) is 1. The maximum absolute atomic E-state index is 13.9. The minimum Gasteiger partial charge on any atom is -0.322 e. The van der Waals surface area contributed by atoms with Gasteiger partial charge in [-0.25, -0.2) is 13.3 Å². The van der Waals surface area contributed by atoms with Crippen molar-refractivity contribution in [3.8, 4) is 0 Å². The Balaban J connectivity index is 1.64. The fourth-order valence-corrected chi connectivity index (χ4v) is 3.88. The monoisotopic (exact) mass is 444 g/mol. The Bertz CT molecular complexity index is 1600. The molecule has 0 radical (unpaired) electrons. The first kappa shape index (κ1) is 20.6. The summed E-state index contributed by atoms with van der Waals surface area (Å²) in [5, 5.41) is 6.95. The fraction of sp³-hybridized carbons (Fsp3) is 0.0800. The van der Waals surface area contributed by atoms with Gasteiger partial charge in [0, 0.05) is 16.8 Å². The summed E-state index contributed by atoms with van der Waals surface area (Å²) in [6.45, 7) is 1.69. The van der Waals surface area contributed by atoms with Crippen molar-refractivity contribution < 1.29 is 13.6 Å². The van der Waals surface area contributed by atoms with Gasteiger partial charge in [-0.1, -0.05) is 18.2 Å². The van der Waals surface area contributed by atoms with E-state index in [1.165, 1.54) is 39.5 Å². The van der Waals surface area contributed by atoms with E-state index in [1.54, 1.807) is 49.4 Å². The molecule has 5 aromatic rings. The zero-order valence-corrected chi connectivity index (χ0v) is 17.5. The molecule has 2 aromatic heterocycles. The number of nitrogens with zero attached hydrogens (tertiary/aromatic N) is 3. The lowest BCUT2D eigenvalue weighted by Gasteiger charge is -2.14. The zero-order chi connectivity index (χ0) is 23.1. The highest BCUT2D eigenvalue weighted by Crippen LogP contribution is 2.21. The van der Waals surface area contributed by atoms with Crippen LogP contribution < -0.4 is 10.9 Å². The van der Waals surface area contributed by atoms with E-state index in [4.69, 9.17) is 0 Å². The summed E-state index contributed by atoms with van der Waals surface area (Å²) >= 11 is 0. The molecule has 0 aliphatic rings. The van der Waals surface area contributed by atoms with Crippen LogP contribution in [0.1, 0.15) is 21.5 Å². The molecule has 1 amide bonds. The molecule has 0 saturated heterocycles. The predicted octanol–water partition coefficient (Wildman–Crippen LogP) is 4.54. The second-order valence-corrected chi connectivity index (χ2v) is 7.72. The first-order valence-corrected chi connectivity index (χ1v) is 10.2. The van der Waals surface area contributed by atoms with E-state index >= 15 is 0 Å². The molecule has 2 heterocycles. The minimum atomic E-state index is -0.448. The number of carbonyl (C=O) groups is 1. The van der Waals surface area contributed by atoms with Crippen molar-refractivity contribution in [2.75, 3.05) is 5.32 Å². The molecule has 8 heteroatoms. The van der Waals surface area contributed by atoms with Crippen molar-refractivity contribution in [3.63, 3.8) is 0 Å². The Morgan fingerprint density at radius 1 is 0.970 bits per heavy atom. The topological polar surface area (TPSA) is 68.4 Å². The second-order valence-electron chi connectivity index (χ2n) is 7.72. The lowest BCUT2D eigenvalue weighted by Crippen LogP contribution is -2.24. The predicted molar refractivity (Wildman–Crippen MR) is 122 cm³/mol. The van der Waals surface area contributed by atoms with E-state index in [9.17, 15) is 18.4 Å². The van der Waals surface area contributed by atoms with Gasteiger partial charge in [-0.2, -0.15) is 5.10 Å². The average molecular weight is 444 g/mol. The van der Waals surface area contributed by atoms with Crippen LogP contribution in [0.25, 0.3) is 16.6 Å². The molecule has 0 aliphatic carbocycles. The highest BCUT2D eigenvalue weighted by Gasteiger charge is 2.16. The van der Waals surface area contributed by atoms with E-state index in [0.717, 1.165) is 0 Å². The van der Waals surface area contributed by atoms with Crippen LogP contribution in [-0.2, 0) is 6.54 Å². The molecule has 0 fully saturated rings. The number of halogens is 2. The van der Waals surface area contributed by atoms with Gasteiger partial charge in [0.2, 0.25) is 0 Å². The summed E-state index contributed by atoms with van der Waals surface area (Å²) in [6, 6.07) is 17.0. The van der Waals surface area contributed by atoms with Crippen LogP contribution in [0.4, 0.5) is 14.5 Å². The average Bonchev–Trinajstić information content (AvgIpc) is 3.30. The van der Waals surface area contributed by atoms with Gasteiger partial charge in [0.25, 0.3) is 11.5 Å². The summed E-state index contributed by atoms with van der Waals surface area (Å²) in [5.74, 6) is -1.27. The molecule has 33 heavy (non-hydrogen) atoms. The van der Waals surface area contributed by atoms with Gasteiger partial charge >= 0.3 is 0 Å². The van der Waals surface area contributed by atoms with Crippen LogP contribution in [0.3, 0.4) is 0 Å². The summed E-state index contributed by atoms with van der Waals surface area (Å²) in [7, 11) is 0. The molecular formula is C25H18F2N4O2. The quantitative estimate of drug-likeness (QED) is 0.443. The molecule has 5 rings (SSSR count). The molecule has 164 valence electrons. The number of amides is 1. The first-order valence-electron chi connectivity index (χ1n) is 10.2. The molecule has 0 atom stereocenters. The van der Waals surface area contributed by atoms with Crippen LogP contribution in [0.15, 0.2) is 77.7 Å². The van der Waals surface area contributed by atoms with Crippen LogP contribution in [0.2, 0.25) is 0 Å². The van der Waals surface area contributed by atoms with Crippen molar-refractivity contribution >= 4 is 28.1 Å². The number of nitrogens with one attached hydrogen (secondary N) is 1. The van der Waals surface area contributed by atoms with Crippen molar-refractivity contribution in [2.45, 2.75) is 13.5 Å². The van der Waals surface area contributed by atoms with Gasteiger partial charge < -0.3 is 9.88 Å². The standard InChI is InChI=1S/C25H18F2N4O2/c1-15-19(27)6-3-7-20(15)29-24(32)17-8-9-21-23(13-17)30(14-16-4-2-5-18(26)12-16)25(33)22-10-11-28-31(21)22/h2-13H,14H2,1H3,(H,29,32). The maximum Gasteiger partial charge on any atom is 0.277 e. The highest BCUT2D eigenvalue weighted by atomic mass is 19.1. The number of rotatable bonds is 4. The van der Waals surface area contributed by atoms with Gasteiger partial charge in [-0.05, 0) is 61.0 Å². The van der Waals surface area contributed by atoms with E-state index in [1.807, 2.05) is 0 Å². The maximum atomic E-state index is 13.9. The molecule has 0 saturated carbocycles. The normalized spacial score (nSPS) is 11.2. The minimum absolute atomic E-state index is 0.114.